The van der Waals surface area contributed by atoms with Crippen molar-refractivity contribution in [1.29, 1.82) is 0 Å². The van der Waals surface area contributed by atoms with Crippen molar-refractivity contribution in [2.24, 2.45) is 23.0 Å². The Morgan fingerprint density at radius 3 is 2.29 bits per heavy atom. The summed E-state index contributed by atoms with van der Waals surface area (Å²) in [6.45, 7) is 13.7. The molecule has 1 aliphatic rings. The van der Waals surface area contributed by atoms with Crippen molar-refractivity contribution >= 4 is 0 Å². The summed E-state index contributed by atoms with van der Waals surface area (Å²) in [5.74, 6) is 1.50. The Hall–Kier alpha value is -0.0800. The molecule has 1 saturated carbocycles. The van der Waals surface area contributed by atoms with Crippen molar-refractivity contribution in [3.63, 3.8) is 0 Å². The minimum Gasteiger partial charge on any atom is -0.329 e. The van der Waals surface area contributed by atoms with Crippen molar-refractivity contribution in [2.45, 2.75) is 59.4 Å². The summed E-state index contributed by atoms with van der Waals surface area (Å²) in [5.41, 5.74) is 6.82. The molecule has 0 aromatic carbocycles. The largest absolute Gasteiger partial charge is 0.329 e. The Labute approximate surface area is 108 Å². The van der Waals surface area contributed by atoms with Crippen LogP contribution in [0.25, 0.3) is 0 Å². The summed E-state index contributed by atoms with van der Waals surface area (Å²) in [4.78, 5) is 2.54. The zero-order chi connectivity index (χ0) is 13.3. The topological polar surface area (TPSA) is 29.3 Å². The number of nitrogens with two attached hydrogens (primary N) is 1. The van der Waals surface area contributed by atoms with E-state index in [9.17, 15) is 0 Å². The van der Waals surface area contributed by atoms with Crippen LogP contribution in [0.1, 0.15) is 53.9 Å². The molecule has 0 heterocycles. The Kier molecular flexibility index (Phi) is 4.65. The van der Waals surface area contributed by atoms with Crippen LogP contribution in [-0.2, 0) is 0 Å². The number of rotatable bonds is 4. The van der Waals surface area contributed by atoms with Crippen molar-refractivity contribution in [2.75, 3.05) is 20.1 Å². The van der Waals surface area contributed by atoms with Gasteiger partial charge in [0.15, 0.2) is 0 Å². The van der Waals surface area contributed by atoms with E-state index in [2.05, 4.69) is 46.6 Å². The van der Waals surface area contributed by atoms with Gasteiger partial charge in [0.05, 0.1) is 0 Å². The van der Waals surface area contributed by atoms with Crippen LogP contribution in [0.3, 0.4) is 0 Å². The third kappa shape index (κ3) is 3.69. The predicted molar refractivity (Wildman–Crippen MR) is 76.0 cm³/mol. The second-order valence-corrected chi connectivity index (χ2v) is 7.56. The number of hydrogen-bond acceptors (Lipinski definition) is 2. The van der Waals surface area contributed by atoms with Gasteiger partial charge in [0.2, 0.25) is 0 Å². The summed E-state index contributed by atoms with van der Waals surface area (Å²) in [5, 5.41) is 0. The number of likely N-dealkylation sites (N-methyl/N-ethyl adjacent to an activating group) is 1. The number of nitrogens with zero attached hydrogens (tertiary/aromatic N) is 1. The van der Waals surface area contributed by atoms with E-state index in [-0.39, 0.29) is 5.54 Å². The summed E-state index contributed by atoms with van der Waals surface area (Å²) in [7, 11) is 2.26. The summed E-state index contributed by atoms with van der Waals surface area (Å²) >= 11 is 0. The third-order valence-electron chi connectivity index (χ3n) is 4.27. The second kappa shape index (κ2) is 5.27. The summed E-state index contributed by atoms with van der Waals surface area (Å²) in [6, 6.07) is 0. The maximum atomic E-state index is 6.16. The lowest BCUT2D eigenvalue weighted by molar-refractivity contribution is -0.00207. The molecule has 2 atom stereocenters. The van der Waals surface area contributed by atoms with Crippen LogP contribution in [-0.4, -0.2) is 30.6 Å². The molecular weight excluding hydrogens is 208 g/mol. The van der Waals surface area contributed by atoms with Crippen LogP contribution < -0.4 is 5.73 Å². The van der Waals surface area contributed by atoms with Crippen LogP contribution in [0, 0.1) is 17.3 Å². The van der Waals surface area contributed by atoms with Crippen LogP contribution in [0.5, 0.6) is 0 Å². The monoisotopic (exact) mass is 240 g/mol. The summed E-state index contributed by atoms with van der Waals surface area (Å²) in [6.07, 6.45) is 3.84. The van der Waals surface area contributed by atoms with E-state index in [1.807, 2.05) is 0 Å². The first-order valence-electron chi connectivity index (χ1n) is 7.12. The van der Waals surface area contributed by atoms with Crippen LogP contribution in [0.4, 0.5) is 0 Å². The minimum atomic E-state index is 0.228. The average molecular weight is 240 g/mol. The van der Waals surface area contributed by atoms with Crippen LogP contribution in [0.2, 0.25) is 0 Å². The first kappa shape index (κ1) is 15.0. The van der Waals surface area contributed by atoms with Crippen molar-refractivity contribution < 1.29 is 0 Å². The highest BCUT2D eigenvalue weighted by Crippen LogP contribution is 2.45. The standard InChI is InChI=1S/C15H32N2/c1-12(2)9-17(6)15(11-16)8-13(3)7-14(4,5)10-15/h12-13H,7-11,16H2,1-6H3. The molecule has 1 rings (SSSR count). The van der Waals surface area contributed by atoms with Crippen LogP contribution >= 0.6 is 0 Å². The molecular formula is C15H32N2. The van der Waals surface area contributed by atoms with E-state index in [0.29, 0.717) is 11.3 Å². The predicted octanol–water partition coefficient (Wildman–Crippen LogP) is 3.12. The van der Waals surface area contributed by atoms with E-state index in [1.54, 1.807) is 0 Å². The molecule has 0 saturated heterocycles. The average Bonchev–Trinajstić information content (AvgIpc) is 2.13. The van der Waals surface area contributed by atoms with Crippen molar-refractivity contribution in [3.8, 4) is 0 Å². The lowest BCUT2D eigenvalue weighted by atomic mass is 9.63. The van der Waals surface area contributed by atoms with Gasteiger partial charge in [-0.05, 0) is 43.6 Å². The molecule has 1 aliphatic carbocycles. The van der Waals surface area contributed by atoms with E-state index < -0.39 is 0 Å². The van der Waals surface area contributed by atoms with Gasteiger partial charge in [-0.3, -0.25) is 4.90 Å². The van der Waals surface area contributed by atoms with Crippen molar-refractivity contribution in [3.05, 3.63) is 0 Å². The molecule has 2 nitrogen and oxygen atoms in total. The molecule has 2 N–H and O–H groups in total. The fourth-order valence-electron chi connectivity index (χ4n) is 4.04. The highest BCUT2D eigenvalue weighted by molar-refractivity contribution is 5.00. The molecule has 17 heavy (non-hydrogen) atoms. The smallest absolute Gasteiger partial charge is 0.0336 e. The van der Waals surface area contributed by atoms with Gasteiger partial charge in [0, 0.05) is 18.6 Å². The van der Waals surface area contributed by atoms with Gasteiger partial charge in [-0.2, -0.15) is 0 Å². The molecule has 102 valence electrons. The Balaban J connectivity index is 2.86. The molecule has 0 aliphatic heterocycles. The maximum Gasteiger partial charge on any atom is 0.0336 e. The molecule has 1 fully saturated rings. The molecule has 0 spiro atoms. The van der Waals surface area contributed by atoms with E-state index in [1.165, 1.54) is 19.3 Å². The fraction of sp³-hybridized carbons (Fsp3) is 1.00. The van der Waals surface area contributed by atoms with E-state index >= 15 is 0 Å². The molecule has 0 amide bonds. The van der Waals surface area contributed by atoms with Gasteiger partial charge in [-0.25, -0.2) is 0 Å². The zero-order valence-electron chi connectivity index (χ0n) is 12.7. The highest BCUT2D eigenvalue weighted by Gasteiger charge is 2.44. The summed E-state index contributed by atoms with van der Waals surface area (Å²) < 4.78 is 0. The lowest BCUT2D eigenvalue weighted by Gasteiger charge is -2.52. The molecule has 0 radical (unpaired) electrons. The molecule has 0 aromatic rings. The highest BCUT2D eigenvalue weighted by atomic mass is 15.2. The maximum absolute atomic E-state index is 6.16. The SMILES string of the molecule is CC(C)CN(C)C1(CN)CC(C)CC(C)(C)C1. The quantitative estimate of drug-likeness (QED) is 0.818. The van der Waals surface area contributed by atoms with Gasteiger partial charge in [-0.1, -0.05) is 34.6 Å². The van der Waals surface area contributed by atoms with Gasteiger partial charge in [0.1, 0.15) is 0 Å². The first-order valence-corrected chi connectivity index (χ1v) is 7.12. The number of hydrogen-bond donors (Lipinski definition) is 1. The van der Waals surface area contributed by atoms with E-state index in [4.69, 9.17) is 5.73 Å². The Bertz CT molecular complexity index is 247. The molecule has 2 unspecified atom stereocenters. The lowest BCUT2D eigenvalue weighted by Crippen LogP contribution is -2.58. The van der Waals surface area contributed by atoms with Gasteiger partial charge >= 0.3 is 0 Å². The van der Waals surface area contributed by atoms with Crippen molar-refractivity contribution in [1.82, 2.24) is 4.90 Å². The van der Waals surface area contributed by atoms with Gasteiger partial charge < -0.3 is 5.73 Å². The molecule has 0 bridgehead atoms. The zero-order valence-corrected chi connectivity index (χ0v) is 12.7. The van der Waals surface area contributed by atoms with Gasteiger partial charge in [0.25, 0.3) is 0 Å². The normalized spacial score (nSPS) is 33.4. The molecule has 2 heteroatoms. The third-order valence-corrected chi connectivity index (χ3v) is 4.27. The van der Waals surface area contributed by atoms with Crippen LogP contribution in [0.15, 0.2) is 0 Å². The Morgan fingerprint density at radius 2 is 1.88 bits per heavy atom. The second-order valence-electron chi connectivity index (χ2n) is 7.56. The molecule has 0 aromatic heterocycles. The first-order chi connectivity index (χ1) is 7.71. The fourth-order valence-corrected chi connectivity index (χ4v) is 4.04. The minimum absolute atomic E-state index is 0.228. The Morgan fingerprint density at radius 1 is 1.29 bits per heavy atom. The van der Waals surface area contributed by atoms with E-state index in [0.717, 1.165) is 19.0 Å². The van der Waals surface area contributed by atoms with Gasteiger partial charge in [-0.15, -0.1) is 0 Å².